The van der Waals surface area contributed by atoms with E-state index in [1.54, 1.807) is 6.20 Å². The summed E-state index contributed by atoms with van der Waals surface area (Å²) in [7, 11) is 1.48. The van der Waals surface area contributed by atoms with Gasteiger partial charge >= 0.3 is 6.03 Å². The zero-order chi connectivity index (χ0) is 20.8. The number of likely N-dealkylation sites (tertiary alicyclic amines) is 1. The van der Waals surface area contributed by atoms with Crippen molar-refractivity contribution in [1.82, 2.24) is 15.1 Å². The van der Waals surface area contributed by atoms with Gasteiger partial charge in [-0.2, -0.15) is 5.10 Å². The lowest BCUT2D eigenvalue weighted by Gasteiger charge is -2.32. The topological polar surface area (TPSA) is 99.3 Å². The van der Waals surface area contributed by atoms with Crippen LogP contribution in [0, 0.1) is 0 Å². The molecule has 0 bridgehead atoms. The molecule has 1 aromatic heterocycles. The highest BCUT2D eigenvalue weighted by atomic mass is 16.5. The molecule has 1 aromatic carbocycles. The number of methoxy groups -OCH3 is 1. The molecule has 0 unspecified atom stereocenters. The van der Waals surface area contributed by atoms with Crippen LogP contribution in [-0.4, -0.2) is 53.8 Å². The second-order valence-corrected chi connectivity index (χ2v) is 7.67. The van der Waals surface area contributed by atoms with Gasteiger partial charge in [-0.25, -0.2) is 4.79 Å². The Morgan fingerprint density at radius 2 is 2.17 bits per heavy atom. The number of nitrogens with one attached hydrogen (secondary N) is 3. The number of carbonyl (C=O) groups is 2. The first-order valence-corrected chi connectivity index (χ1v) is 9.96. The molecule has 1 saturated heterocycles. The molecule has 1 atom stereocenters. The van der Waals surface area contributed by atoms with E-state index in [9.17, 15) is 9.59 Å². The Bertz CT molecular complexity index is 848. The maximum atomic E-state index is 12.8. The van der Waals surface area contributed by atoms with Gasteiger partial charge in [0.2, 0.25) is 5.91 Å². The van der Waals surface area contributed by atoms with Gasteiger partial charge in [0.1, 0.15) is 6.61 Å². The summed E-state index contributed by atoms with van der Waals surface area (Å²) in [6, 6.07) is 7.84. The maximum Gasteiger partial charge on any atom is 0.321 e. The minimum absolute atomic E-state index is 0.0146. The van der Waals surface area contributed by atoms with Gasteiger partial charge < -0.3 is 20.3 Å². The monoisotopic (exact) mass is 399 g/mol. The summed E-state index contributed by atoms with van der Waals surface area (Å²) in [5.74, 6) is 0.251. The van der Waals surface area contributed by atoms with Crippen molar-refractivity contribution < 1.29 is 14.3 Å². The molecule has 0 spiro atoms. The smallest absolute Gasteiger partial charge is 0.321 e. The molecule has 156 valence electrons. The fraction of sp³-hybridized carbons (Fsp3) is 0.476. The zero-order valence-electron chi connectivity index (χ0n) is 17.2. The number of ether oxygens (including phenoxy) is 1. The molecular formula is C21H29N5O3. The van der Waals surface area contributed by atoms with Crippen LogP contribution in [0.25, 0.3) is 0 Å². The van der Waals surface area contributed by atoms with Crippen molar-refractivity contribution in [1.29, 1.82) is 0 Å². The van der Waals surface area contributed by atoms with E-state index >= 15 is 0 Å². The average molecular weight is 399 g/mol. The Morgan fingerprint density at radius 1 is 1.34 bits per heavy atom. The molecule has 0 saturated carbocycles. The molecule has 1 aliphatic rings. The lowest BCUT2D eigenvalue weighted by molar-refractivity contribution is -0.119. The summed E-state index contributed by atoms with van der Waals surface area (Å²) in [6.07, 6.45) is 3.40. The van der Waals surface area contributed by atoms with Crippen LogP contribution in [0.1, 0.15) is 49.8 Å². The van der Waals surface area contributed by atoms with Gasteiger partial charge in [-0.05, 0) is 36.5 Å². The molecule has 8 heteroatoms. The van der Waals surface area contributed by atoms with Crippen LogP contribution >= 0.6 is 0 Å². The van der Waals surface area contributed by atoms with Gasteiger partial charge in [0, 0.05) is 31.8 Å². The number of hydrogen-bond acceptors (Lipinski definition) is 4. The Balaban J connectivity index is 1.65. The summed E-state index contributed by atoms with van der Waals surface area (Å²) < 4.78 is 4.86. The number of aromatic amines is 1. The number of amides is 3. The quantitative estimate of drug-likeness (QED) is 0.692. The molecule has 8 nitrogen and oxygen atoms in total. The summed E-state index contributed by atoms with van der Waals surface area (Å²) in [5.41, 5.74) is 3.48. The molecule has 0 radical (unpaired) electrons. The normalized spacial score (nSPS) is 16.7. The SMILES string of the molecule is COCC(=O)Nc1cn[nH]c1[C@@H]1CCCN(C(=O)Nc2cccc(C(C)C)c2)C1. The number of hydrogen-bond donors (Lipinski definition) is 3. The zero-order valence-corrected chi connectivity index (χ0v) is 17.2. The first-order chi connectivity index (χ1) is 14.0. The van der Waals surface area contributed by atoms with E-state index in [0.717, 1.165) is 24.2 Å². The van der Waals surface area contributed by atoms with Crippen molar-refractivity contribution >= 4 is 23.3 Å². The second-order valence-electron chi connectivity index (χ2n) is 7.67. The van der Waals surface area contributed by atoms with E-state index in [-0.39, 0.29) is 24.5 Å². The third kappa shape index (κ3) is 5.35. The molecule has 3 amide bonds. The second kappa shape index (κ2) is 9.56. The van der Waals surface area contributed by atoms with Gasteiger partial charge in [-0.3, -0.25) is 9.89 Å². The first-order valence-electron chi connectivity index (χ1n) is 9.96. The summed E-state index contributed by atoms with van der Waals surface area (Å²) in [6.45, 7) is 5.50. The van der Waals surface area contributed by atoms with Crippen LogP contribution in [0.15, 0.2) is 30.5 Å². The average Bonchev–Trinajstić information content (AvgIpc) is 3.16. The van der Waals surface area contributed by atoms with Gasteiger partial charge in [0.15, 0.2) is 0 Å². The number of carbonyl (C=O) groups excluding carboxylic acids is 2. The minimum atomic E-state index is -0.231. The van der Waals surface area contributed by atoms with E-state index in [2.05, 4.69) is 40.7 Å². The van der Waals surface area contributed by atoms with Gasteiger partial charge in [-0.1, -0.05) is 26.0 Å². The molecule has 29 heavy (non-hydrogen) atoms. The summed E-state index contributed by atoms with van der Waals surface area (Å²) in [5, 5.41) is 12.9. The van der Waals surface area contributed by atoms with Gasteiger partial charge in [0.25, 0.3) is 0 Å². The van der Waals surface area contributed by atoms with Crippen LogP contribution < -0.4 is 10.6 Å². The largest absolute Gasteiger partial charge is 0.375 e. The van der Waals surface area contributed by atoms with Crippen molar-refractivity contribution in [2.24, 2.45) is 0 Å². The third-order valence-electron chi connectivity index (χ3n) is 5.14. The standard InChI is InChI=1S/C21H29N5O3/c1-14(2)15-6-4-8-17(10-15)23-21(28)26-9-5-7-16(12-26)20-18(11-22-25-20)24-19(27)13-29-3/h4,6,8,10-11,14,16H,5,7,9,12-13H2,1-3H3,(H,22,25)(H,23,28)(H,24,27)/t16-/m1/s1. The lowest BCUT2D eigenvalue weighted by atomic mass is 9.94. The van der Waals surface area contributed by atoms with Gasteiger partial charge in [0.05, 0.1) is 17.6 Å². The Kier molecular flexibility index (Phi) is 6.87. The lowest BCUT2D eigenvalue weighted by Crippen LogP contribution is -2.41. The van der Waals surface area contributed by atoms with Crippen LogP contribution in [-0.2, 0) is 9.53 Å². The predicted molar refractivity (Wildman–Crippen MR) is 112 cm³/mol. The fourth-order valence-corrected chi connectivity index (χ4v) is 3.60. The number of anilines is 2. The Hall–Kier alpha value is -2.87. The van der Waals surface area contributed by atoms with Crippen molar-refractivity contribution in [2.45, 2.75) is 38.5 Å². The van der Waals surface area contributed by atoms with Crippen LogP contribution in [0.3, 0.4) is 0 Å². The summed E-state index contributed by atoms with van der Waals surface area (Å²) >= 11 is 0. The molecule has 1 aliphatic heterocycles. The van der Waals surface area contributed by atoms with Crippen LogP contribution in [0.5, 0.6) is 0 Å². The van der Waals surface area contributed by atoms with E-state index in [1.807, 2.05) is 23.1 Å². The minimum Gasteiger partial charge on any atom is -0.375 e. The molecule has 0 aliphatic carbocycles. The highest BCUT2D eigenvalue weighted by molar-refractivity contribution is 5.92. The number of H-pyrrole nitrogens is 1. The molecule has 2 heterocycles. The summed E-state index contributed by atoms with van der Waals surface area (Å²) in [4.78, 5) is 26.5. The number of aromatic nitrogens is 2. The van der Waals surface area contributed by atoms with E-state index in [1.165, 1.54) is 12.7 Å². The van der Waals surface area contributed by atoms with Crippen LogP contribution in [0.2, 0.25) is 0 Å². The Morgan fingerprint density at radius 3 is 2.93 bits per heavy atom. The predicted octanol–water partition coefficient (Wildman–Crippen LogP) is 3.53. The van der Waals surface area contributed by atoms with Crippen molar-refractivity contribution in [3.63, 3.8) is 0 Å². The number of rotatable bonds is 6. The highest BCUT2D eigenvalue weighted by Crippen LogP contribution is 2.30. The molecular weight excluding hydrogens is 370 g/mol. The first kappa shape index (κ1) is 20.9. The number of nitrogens with zero attached hydrogens (tertiary/aromatic N) is 2. The maximum absolute atomic E-state index is 12.8. The number of piperidine rings is 1. The van der Waals surface area contributed by atoms with Crippen molar-refractivity contribution in [3.05, 3.63) is 41.7 Å². The molecule has 3 rings (SSSR count). The fourth-order valence-electron chi connectivity index (χ4n) is 3.60. The highest BCUT2D eigenvalue weighted by Gasteiger charge is 2.28. The molecule has 2 aromatic rings. The van der Waals surface area contributed by atoms with Crippen molar-refractivity contribution in [2.75, 3.05) is 37.4 Å². The molecule has 1 fully saturated rings. The van der Waals surface area contributed by atoms with E-state index in [0.29, 0.717) is 24.7 Å². The number of benzene rings is 1. The van der Waals surface area contributed by atoms with Gasteiger partial charge in [-0.15, -0.1) is 0 Å². The Labute approximate surface area is 171 Å². The third-order valence-corrected chi connectivity index (χ3v) is 5.14. The van der Waals surface area contributed by atoms with Crippen LogP contribution in [0.4, 0.5) is 16.2 Å². The number of urea groups is 1. The van der Waals surface area contributed by atoms with E-state index < -0.39 is 0 Å². The van der Waals surface area contributed by atoms with Crippen molar-refractivity contribution in [3.8, 4) is 0 Å². The van der Waals surface area contributed by atoms with E-state index in [4.69, 9.17) is 4.74 Å². The molecule has 3 N–H and O–H groups in total.